The van der Waals surface area contributed by atoms with Crippen LogP contribution in [0, 0.1) is 17.7 Å². The summed E-state index contributed by atoms with van der Waals surface area (Å²) in [7, 11) is 1.16. The van der Waals surface area contributed by atoms with E-state index in [1.54, 1.807) is 17.0 Å². The average molecular weight is 450 g/mol. The van der Waals surface area contributed by atoms with Crippen molar-refractivity contribution in [1.29, 1.82) is 0 Å². The number of urea groups is 1. The molecule has 1 N–H and O–H groups in total. The monoisotopic (exact) mass is 450 g/mol. The Morgan fingerprint density at radius 2 is 1.72 bits per heavy atom. The summed E-state index contributed by atoms with van der Waals surface area (Å²) in [5.74, 6) is -1.41. The fourth-order valence-electron chi connectivity index (χ4n) is 4.93. The highest BCUT2D eigenvalue weighted by Gasteiger charge is 2.45. The lowest BCUT2D eigenvalue weighted by molar-refractivity contribution is -0.138. The molecule has 4 rings (SSSR count). The summed E-state index contributed by atoms with van der Waals surface area (Å²) in [6, 6.07) is 8.65. The number of halogens is 4. The summed E-state index contributed by atoms with van der Waals surface area (Å²) in [6.07, 6.45) is -3.25. The molecule has 2 aliphatic rings. The van der Waals surface area contributed by atoms with Crippen molar-refractivity contribution in [2.24, 2.45) is 11.8 Å². The molecule has 2 amide bonds. The van der Waals surface area contributed by atoms with Crippen LogP contribution in [0.5, 0.6) is 0 Å². The average Bonchev–Trinajstić information content (AvgIpc) is 3.33. The SMILES string of the molecule is COC(=O)c1cc(F)ccc1NC(=O)N1C[C@H]2C[C@H](c3ccccc3C(F)(F)F)C[C@H]2C1. The van der Waals surface area contributed by atoms with Crippen molar-refractivity contribution in [3.8, 4) is 0 Å². The van der Waals surface area contributed by atoms with E-state index in [4.69, 9.17) is 0 Å². The summed E-state index contributed by atoms with van der Waals surface area (Å²) in [6.45, 7) is 0.825. The highest BCUT2D eigenvalue weighted by atomic mass is 19.4. The first-order chi connectivity index (χ1) is 15.2. The fraction of sp³-hybridized carbons (Fsp3) is 0.391. The minimum Gasteiger partial charge on any atom is -0.465 e. The van der Waals surface area contributed by atoms with Gasteiger partial charge < -0.3 is 15.0 Å². The first kappa shape index (κ1) is 22.1. The maximum atomic E-state index is 13.5. The van der Waals surface area contributed by atoms with Crippen LogP contribution in [0.4, 0.5) is 28.0 Å². The Balaban J connectivity index is 1.43. The highest BCUT2D eigenvalue weighted by Crippen LogP contribution is 2.48. The molecule has 1 aliphatic carbocycles. The van der Waals surface area contributed by atoms with Gasteiger partial charge >= 0.3 is 18.2 Å². The normalized spacial score (nSPS) is 22.5. The van der Waals surface area contributed by atoms with Gasteiger partial charge in [0.1, 0.15) is 5.82 Å². The third kappa shape index (κ3) is 4.28. The van der Waals surface area contributed by atoms with E-state index in [2.05, 4.69) is 10.1 Å². The lowest BCUT2D eigenvalue weighted by Gasteiger charge is -2.22. The number of anilines is 1. The zero-order valence-corrected chi connectivity index (χ0v) is 17.3. The third-order valence-corrected chi connectivity index (χ3v) is 6.37. The van der Waals surface area contributed by atoms with Gasteiger partial charge in [0.25, 0.3) is 0 Å². The molecule has 1 aliphatic heterocycles. The van der Waals surface area contributed by atoms with Crippen LogP contribution in [0.2, 0.25) is 0 Å². The molecule has 3 atom stereocenters. The second-order valence-corrected chi connectivity index (χ2v) is 8.29. The number of esters is 1. The topological polar surface area (TPSA) is 58.6 Å². The number of nitrogens with one attached hydrogen (secondary N) is 1. The number of amides is 2. The number of ether oxygens (including phenoxy) is 1. The molecule has 170 valence electrons. The molecule has 0 radical (unpaired) electrons. The quantitative estimate of drug-likeness (QED) is 0.511. The molecule has 0 bridgehead atoms. The maximum absolute atomic E-state index is 13.5. The predicted molar refractivity (Wildman–Crippen MR) is 109 cm³/mol. The maximum Gasteiger partial charge on any atom is 0.416 e. The van der Waals surface area contributed by atoms with Gasteiger partial charge in [-0.1, -0.05) is 18.2 Å². The van der Waals surface area contributed by atoms with Gasteiger partial charge in [0.2, 0.25) is 0 Å². The van der Waals surface area contributed by atoms with Crippen LogP contribution in [-0.4, -0.2) is 37.1 Å². The van der Waals surface area contributed by atoms with Crippen molar-refractivity contribution >= 4 is 17.7 Å². The number of carbonyl (C=O) groups is 2. The molecule has 9 heteroatoms. The molecule has 2 aromatic rings. The van der Waals surface area contributed by atoms with E-state index in [1.165, 1.54) is 12.1 Å². The van der Waals surface area contributed by atoms with E-state index in [1.807, 2.05) is 0 Å². The van der Waals surface area contributed by atoms with Gasteiger partial charge in [0.15, 0.2) is 0 Å². The molecule has 0 unspecified atom stereocenters. The smallest absolute Gasteiger partial charge is 0.416 e. The summed E-state index contributed by atoms with van der Waals surface area (Å²) in [4.78, 5) is 26.2. The van der Waals surface area contributed by atoms with E-state index >= 15 is 0 Å². The number of benzene rings is 2. The van der Waals surface area contributed by atoms with Crippen molar-refractivity contribution in [3.05, 3.63) is 65.0 Å². The predicted octanol–water partition coefficient (Wildman–Crippen LogP) is 5.29. The van der Waals surface area contributed by atoms with Crippen molar-refractivity contribution in [2.75, 3.05) is 25.5 Å². The Morgan fingerprint density at radius 1 is 1.06 bits per heavy atom. The first-order valence-electron chi connectivity index (χ1n) is 10.3. The van der Waals surface area contributed by atoms with Crippen LogP contribution in [0.15, 0.2) is 42.5 Å². The number of fused-ring (bicyclic) bond motifs is 1. The van der Waals surface area contributed by atoms with Crippen molar-refractivity contribution in [1.82, 2.24) is 4.90 Å². The molecule has 2 aromatic carbocycles. The summed E-state index contributed by atoms with van der Waals surface area (Å²) >= 11 is 0. The van der Waals surface area contributed by atoms with Crippen LogP contribution in [-0.2, 0) is 10.9 Å². The standard InChI is InChI=1S/C23H22F4N2O3/c1-32-21(30)18-10-16(24)6-7-20(18)28-22(31)29-11-14-8-13(9-15(14)12-29)17-4-2-3-5-19(17)23(25,26)27/h2-7,10,13-15H,8-9,11-12H2,1H3,(H,28,31)/t13-,14+,15-. The Morgan fingerprint density at radius 3 is 2.34 bits per heavy atom. The van der Waals surface area contributed by atoms with Crippen LogP contribution in [0.1, 0.15) is 40.2 Å². The van der Waals surface area contributed by atoms with Gasteiger partial charge in [-0.25, -0.2) is 14.0 Å². The number of carbonyl (C=O) groups excluding carboxylic acids is 2. The Hall–Kier alpha value is -3.10. The van der Waals surface area contributed by atoms with Crippen molar-refractivity contribution in [2.45, 2.75) is 24.9 Å². The molecule has 1 heterocycles. The summed E-state index contributed by atoms with van der Waals surface area (Å²) in [5, 5.41) is 2.63. The molecule has 1 saturated carbocycles. The minimum absolute atomic E-state index is 0.0935. The van der Waals surface area contributed by atoms with Crippen LogP contribution in [0.3, 0.4) is 0 Å². The molecular formula is C23H22F4N2O3. The lowest BCUT2D eigenvalue weighted by atomic mass is 9.91. The van der Waals surface area contributed by atoms with Gasteiger partial charge in [-0.2, -0.15) is 13.2 Å². The zero-order valence-electron chi connectivity index (χ0n) is 17.3. The number of hydrogen-bond acceptors (Lipinski definition) is 3. The Bertz CT molecular complexity index is 1030. The highest BCUT2D eigenvalue weighted by molar-refractivity contribution is 6.00. The first-order valence-corrected chi connectivity index (χ1v) is 10.3. The fourth-order valence-corrected chi connectivity index (χ4v) is 4.93. The number of likely N-dealkylation sites (tertiary alicyclic amines) is 1. The molecule has 2 fully saturated rings. The number of nitrogens with zero attached hydrogens (tertiary/aromatic N) is 1. The number of alkyl halides is 3. The Labute approximate surface area is 182 Å². The van der Waals surface area contributed by atoms with Gasteiger partial charge in [-0.3, -0.25) is 0 Å². The largest absolute Gasteiger partial charge is 0.465 e. The van der Waals surface area contributed by atoms with Crippen molar-refractivity contribution < 1.29 is 31.9 Å². The second-order valence-electron chi connectivity index (χ2n) is 8.29. The van der Waals surface area contributed by atoms with Crippen LogP contribution < -0.4 is 5.32 Å². The van der Waals surface area contributed by atoms with Gasteiger partial charge in [-0.15, -0.1) is 0 Å². The number of rotatable bonds is 3. The molecule has 32 heavy (non-hydrogen) atoms. The Kier molecular flexibility index (Phi) is 5.83. The van der Waals surface area contributed by atoms with E-state index in [0.717, 1.165) is 25.3 Å². The number of hydrogen-bond donors (Lipinski definition) is 1. The van der Waals surface area contributed by atoms with Crippen LogP contribution >= 0.6 is 0 Å². The molecule has 5 nitrogen and oxygen atoms in total. The second kappa shape index (κ2) is 8.44. The lowest BCUT2D eigenvalue weighted by Crippen LogP contribution is -2.34. The third-order valence-electron chi connectivity index (χ3n) is 6.37. The van der Waals surface area contributed by atoms with Crippen molar-refractivity contribution in [3.63, 3.8) is 0 Å². The van der Waals surface area contributed by atoms with Gasteiger partial charge in [0, 0.05) is 13.1 Å². The van der Waals surface area contributed by atoms with Gasteiger partial charge in [0.05, 0.1) is 23.9 Å². The van der Waals surface area contributed by atoms with E-state index in [0.29, 0.717) is 31.5 Å². The summed E-state index contributed by atoms with van der Waals surface area (Å²) in [5.41, 5.74) is -0.230. The number of methoxy groups -OCH3 is 1. The van der Waals surface area contributed by atoms with E-state index in [-0.39, 0.29) is 29.0 Å². The molecule has 1 saturated heterocycles. The molecule has 0 aromatic heterocycles. The van der Waals surface area contributed by atoms with E-state index in [9.17, 15) is 27.2 Å². The minimum atomic E-state index is -4.40. The molecular weight excluding hydrogens is 428 g/mol. The van der Waals surface area contributed by atoms with Crippen LogP contribution in [0.25, 0.3) is 0 Å². The molecule has 0 spiro atoms. The summed E-state index contributed by atoms with van der Waals surface area (Å²) < 4.78 is 58.3. The van der Waals surface area contributed by atoms with E-state index < -0.39 is 29.6 Å². The zero-order chi connectivity index (χ0) is 23.0. The van der Waals surface area contributed by atoms with Gasteiger partial charge in [-0.05, 0) is 60.4 Å².